The largest absolute Gasteiger partial charge is 0.481 e. The van der Waals surface area contributed by atoms with Crippen LogP contribution in [0.4, 0.5) is 10.5 Å². The third-order valence-corrected chi connectivity index (χ3v) is 3.73. The van der Waals surface area contributed by atoms with Crippen molar-refractivity contribution in [3.63, 3.8) is 0 Å². The van der Waals surface area contributed by atoms with E-state index in [-0.39, 0.29) is 18.4 Å². The predicted molar refractivity (Wildman–Crippen MR) is 87.1 cm³/mol. The highest BCUT2D eigenvalue weighted by Crippen LogP contribution is 2.20. The fraction of sp³-hybridized carbons (Fsp3) is 0.467. The van der Waals surface area contributed by atoms with Gasteiger partial charge in [-0.05, 0) is 42.0 Å². The Hall–Kier alpha value is -1.69. The van der Waals surface area contributed by atoms with Crippen LogP contribution in [0.5, 0.6) is 0 Å². The van der Waals surface area contributed by atoms with Crippen molar-refractivity contribution in [2.45, 2.75) is 25.7 Å². The highest BCUT2D eigenvalue weighted by atomic mass is 32.2. The van der Waals surface area contributed by atoms with Gasteiger partial charge in [-0.2, -0.15) is 11.8 Å². The lowest BCUT2D eigenvalue weighted by Gasteiger charge is -2.11. The molecule has 6 heteroatoms. The van der Waals surface area contributed by atoms with Crippen molar-refractivity contribution in [3.8, 4) is 0 Å². The van der Waals surface area contributed by atoms with Gasteiger partial charge in [0.1, 0.15) is 0 Å². The van der Waals surface area contributed by atoms with Crippen molar-refractivity contribution < 1.29 is 14.7 Å². The molecule has 0 heterocycles. The van der Waals surface area contributed by atoms with E-state index in [1.54, 1.807) is 23.9 Å². The Morgan fingerprint density at radius 1 is 1.29 bits per heavy atom. The maximum Gasteiger partial charge on any atom is 0.319 e. The predicted octanol–water partition coefficient (Wildman–Crippen LogP) is 3.14. The van der Waals surface area contributed by atoms with Gasteiger partial charge < -0.3 is 15.7 Å². The van der Waals surface area contributed by atoms with Crippen LogP contribution in [-0.2, 0) is 4.79 Å². The van der Waals surface area contributed by atoms with Crippen molar-refractivity contribution in [2.24, 2.45) is 0 Å². The van der Waals surface area contributed by atoms with Crippen LogP contribution in [-0.4, -0.2) is 35.7 Å². The lowest BCUT2D eigenvalue weighted by molar-refractivity contribution is -0.137. The van der Waals surface area contributed by atoms with Crippen LogP contribution < -0.4 is 10.6 Å². The van der Waals surface area contributed by atoms with Gasteiger partial charge in [0.2, 0.25) is 0 Å². The average molecular weight is 310 g/mol. The Balaban J connectivity index is 2.43. The molecule has 0 spiro atoms. The summed E-state index contributed by atoms with van der Waals surface area (Å²) in [6.45, 7) is 2.52. The number of nitrogens with one attached hydrogen (secondary N) is 2. The van der Waals surface area contributed by atoms with Crippen molar-refractivity contribution in [2.75, 3.05) is 23.9 Å². The highest BCUT2D eigenvalue weighted by Gasteiger charge is 2.10. The fourth-order valence-electron chi connectivity index (χ4n) is 1.87. The molecule has 1 rings (SSSR count). The number of aliphatic carboxylic acids is 1. The topological polar surface area (TPSA) is 78.4 Å². The zero-order valence-electron chi connectivity index (χ0n) is 12.4. The van der Waals surface area contributed by atoms with Gasteiger partial charge in [-0.3, -0.25) is 4.79 Å². The van der Waals surface area contributed by atoms with Crippen LogP contribution in [0.15, 0.2) is 24.3 Å². The van der Waals surface area contributed by atoms with Crippen molar-refractivity contribution in [1.82, 2.24) is 5.32 Å². The van der Waals surface area contributed by atoms with E-state index in [1.807, 2.05) is 25.3 Å². The second-order valence-electron chi connectivity index (χ2n) is 4.85. The molecule has 0 radical (unpaired) electrons. The summed E-state index contributed by atoms with van der Waals surface area (Å²) in [7, 11) is 0. The second kappa shape index (κ2) is 9.28. The molecule has 1 aromatic rings. The number of amides is 2. The summed E-state index contributed by atoms with van der Waals surface area (Å²) >= 11 is 1.75. The van der Waals surface area contributed by atoms with E-state index in [0.717, 1.165) is 17.7 Å². The van der Waals surface area contributed by atoms with E-state index in [9.17, 15) is 9.59 Å². The summed E-state index contributed by atoms with van der Waals surface area (Å²) in [6, 6.07) is 7.04. The molecule has 0 aliphatic carbocycles. The first-order valence-corrected chi connectivity index (χ1v) is 8.28. The first kappa shape index (κ1) is 17.4. The van der Waals surface area contributed by atoms with Crippen LogP contribution in [0.3, 0.4) is 0 Å². The number of carbonyl (C=O) groups excluding carboxylic acids is 1. The average Bonchev–Trinajstić information content (AvgIpc) is 2.43. The third kappa shape index (κ3) is 7.04. The number of thioether (sulfide) groups is 1. The van der Waals surface area contributed by atoms with Gasteiger partial charge in [0.15, 0.2) is 0 Å². The van der Waals surface area contributed by atoms with Crippen LogP contribution in [0.2, 0.25) is 0 Å². The number of anilines is 1. The minimum atomic E-state index is -0.811. The van der Waals surface area contributed by atoms with E-state index in [1.165, 1.54) is 0 Å². The number of carboxylic acid groups (broad SMARTS) is 1. The normalized spacial score (nSPS) is 11.7. The Labute approximate surface area is 129 Å². The smallest absolute Gasteiger partial charge is 0.319 e. The Kier molecular flexibility index (Phi) is 7.68. The van der Waals surface area contributed by atoms with Gasteiger partial charge in [-0.1, -0.05) is 19.1 Å². The van der Waals surface area contributed by atoms with E-state index in [2.05, 4.69) is 10.6 Å². The summed E-state index contributed by atoms with van der Waals surface area (Å²) in [5.74, 6) is 0.169. The summed E-state index contributed by atoms with van der Waals surface area (Å²) in [4.78, 5) is 22.3. The SMILES string of the molecule is CSCCCNC(=O)Nc1ccc(C(C)CC(=O)O)cc1. The molecular weight excluding hydrogens is 288 g/mol. The second-order valence-corrected chi connectivity index (χ2v) is 5.83. The Bertz CT molecular complexity index is 462. The van der Waals surface area contributed by atoms with Gasteiger partial charge in [-0.15, -0.1) is 0 Å². The van der Waals surface area contributed by atoms with Crippen LogP contribution in [0.1, 0.15) is 31.2 Å². The molecule has 5 nitrogen and oxygen atoms in total. The highest BCUT2D eigenvalue weighted by molar-refractivity contribution is 7.98. The first-order chi connectivity index (χ1) is 10.0. The standard InChI is InChI=1S/C15H22N2O3S/c1-11(10-14(18)19)12-4-6-13(7-5-12)17-15(20)16-8-3-9-21-2/h4-7,11H,3,8-10H2,1-2H3,(H,18,19)(H2,16,17,20). The molecule has 1 unspecified atom stereocenters. The molecule has 0 saturated carbocycles. The maximum absolute atomic E-state index is 11.6. The zero-order valence-corrected chi connectivity index (χ0v) is 13.2. The van der Waals surface area contributed by atoms with Crippen molar-refractivity contribution in [1.29, 1.82) is 0 Å². The van der Waals surface area contributed by atoms with E-state index < -0.39 is 5.97 Å². The number of rotatable bonds is 8. The van der Waals surface area contributed by atoms with Crippen LogP contribution in [0, 0.1) is 0 Å². The van der Waals surface area contributed by atoms with E-state index in [4.69, 9.17) is 5.11 Å². The molecule has 0 aliphatic heterocycles. The van der Waals surface area contributed by atoms with Gasteiger partial charge in [0.05, 0.1) is 6.42 Å². The summed E-state index contributed by atoms with van der Waals surface area (Å²) < 4.78 is 0. The van der Waals surface area contributed by atoms with Gasteiger partial charge >= 0.3 is 12.0 Å². The number of urea groups is 1. The van der Waals surface area contributed by atoms with Gasteiger partial charge in [0.25, 0.3) is 0 Å². The minimum Gasteiger partial charge on any atom is -0.481 e. The molecule has 0 aromatic heterocycles. The molecule has 1 atom stereocenters. The molecule has 2 amide bonds. The fourth-order valence-corrected chi connectivity index (χ4v) is 2.30. The summed E-state index contributed by atoms with van der Waals surface area (Å²) in [5, 5.41) is 14.3. The van der Waals surface area contributed by atoms with Crippen molar-refractivity contribution >= 4 is 29.4 Å². The summed E-state index contributed by atoms with van der Waals surface area (Å²) in [5.41, 5.74) is 1.65. The molecule has 0 bridgehead atoms. The first-order valence-electron chi connectivity index (χ1n) is 6.88. The minimum absolute atomic E-state index is 0.0445. The Morgan fingerprint density at radius 3 is 2.52 bits per heavy atom. The molecule has 0 aliphatic rings. The number of hydrogen-bond donors (Lipinski definition) is 3. The number of hydrogen-bond acceptors (Lipinski definition) is 3. The van der Waals surface area contributed by atoms with Gasteiger partial charge in [-0.25, -0.2) is 4.79 Å². The quantitative estimate of drug-likeness (QED) is 0.645. The van der Waals surface area contributed by atoms with Crippen LogP contribution in [0.25, 0.3) is 0 Å². The van der Waals surface area contributed by atoms with Crippen molar-refractivity contribution in [3.05, 3.63) is 29.8 Å². The zero-order chi connectivity index (χ0) is 15.7. The number of carboxylic acids is 1. The number of carbonyl (C=O) groups is 2. The summed E-state index contributed by atoms with van der Waals surface area (Å²) in [6.07, 6.45) is 3.08. The monoisotopic (exact) mass is 310 g/mol. The molecule has 0 fully saturated rings. The molecule has 116 valence electrons. The lowest BCUT2D eigenvalue weighted by Crippen LogP contribution is -2.29. The molecule has 0 saturated heterocycles. The Morgan fingerprint density at radius 2 is 1.95 bits per heavy atom. The lowest BCUT2D eigenvalue weighted by atomic mass is 9.98. The molecule has 3 N–H and O–H groups in total. The van der Waals surface area contributed by atoms with E-state index in [0.29, 0.717) is 12.2 Å². The molecular formula is C15H22N2O3S. The van der Waals surface area contributed by atoms with Gasteiger partial charge in [0, 0.05) is 12.2 Å². The molecule has 21 heavy (non-hydrogen) atoms. The number of benzene rings is 1. The van der Waals surface area contributed by atoms with E-state index >= 15 is 0 Å². The van der Waals surface area contributed by atoms with Crippen LogP contribution >= 0.6 is 11.8 Å². The third-order valence-electron chi connectivity index (χ3n) is 3.03. The molecule has 1 aromatic carbocycles. The maximum atomic E-state index is 11.6.